The average Bonchev–Trinajstić information content (AvgIpc) is 3.07. The molecule has 0 spiro atoms. The number of unbranched alkanes of at least 4 members (excludes halogenated alkanes) is 4. The fourth-order valence-corrected chi connectivity index (χ4v) is 8.58. The van der Waals surface area contributed by atoms with Gasteiger partial charge in [0, 0.05) is 9.79 Å². The second kappa shape index (κ2) is 14.9. The Labute approximate surface area is 275 Å². The van der Waals surface area contributed by atoms with Crippen LogP contribution in [0.15, 0.2) is 94.7 Å². The van der Waals surface area contributed by atoms with Crippen molar-refractivity contribution in [3.63, 3.8) is 0 Å². The maximum Gasteiger partial charge on any atom is 0.0236 e. The van der Waals surface area contributed by atoms with Crippen LogP contribution in [0.2, 0.25) is 0 Å². The zero-order chi connectivity index (χ0) is 31.2. The minimum atomic E-state index is 1.15. The lowest BCUT2D eigenvalue weighted by Gasteiger charge is -2.23. The molecule has 45 heavy (non-hydrogen) atoms. The topological polar surface area (TPSA) is 0 Å². The van der Waals surface area contributed by atoms with Crippen LogP contribution in [0.25, 0.3) is 43.1 Å². The van der Waals surface area contributed by atoms with E-state index in [9.17, 15) is 0 Å². The van der Waals surface area contributed by atoms with Crippen molar-refractivity contribution in [1.29, 1.82) is 0 Å². The van der Waals surface area contributed by atoms with Crippen molar-refractivity contribution in [3.05, 3.63) is 107 Å². The lowest BCUT2D eigenvalue weighted by molar-refractivity contribution is 0.749. The second-order valence-electron chi connectivity index (χ2n) is 13.0. The highest BCUT2D eigenvalue weighted by Crippen LogP contribution is 2.46. The Kier molecular flexibility index (Phi) is 10.5. The van der Waals surface area contributed by atoms with Crippen molar-refractivity contribution >= 4 is 54.9 Å². The molecular weight excluding hydrogens is 561 g/mol. The van der Waals surface area contributed by atoms with Crippen LogP contribution in [0, 0.1) is 0 Å². The van der Waals surface area contributed by atoms with Crippen molar-refractivity contribution in [1.82, 2.24) is 0 Å². The second-order valence-corrected chi connectivity index (χ2v) is 14.1. The Morgan fingerprint density at radius 1 is 0.400 bits per heavy atom. The summed E-state index contributed by atoms with van der Waals surface area (Å²) in [6.07, 6.45) is 14.5. The van der Waals surface area contributed by atoms with Gasteiger partial charge in [0.2, 0.25) is 0 Å². The predicted molar refractivity (Wildman–Crippen MR) is 201 cm³/mol. The summed E-state index contributed by atoms with van der Waals surface area (Å²) in [7, 11) is 0. The van der Waals surface area contributed by atoms with Gasteiger partial charge in [-0.05, 0) is 141 Å². The summed E-state index contributed by atoms with van der Waals surface area (Å²) in [5.74, 6) is 0. The molecule has 6 aromatic rings. The zero-order valence-electron chi connectivity index (χ0n) is 28.0. The first kappa shape index (κ1) is 31.7. The molecule has 0 aliphatic carbocycles. The molecule has 0 saturated carbocycles. The number of hydrogen-bond acceptors (Lipinski definition) is 1. The molecule has 0 aliphatic heterocycles. The van der Waals surface area contributed by atoms with E-state index in [4.69, 9.17) is 0 Å². The van der Waals surface area contributed by atoms with E-state index in [2.05, 4.69) is 124 Å². The third-order valence-corrected chi connectivity index (χ3v) is 11.0. The molecular formula is C44H50S. The van der Waals surface area contributed by atoms with Crippen LogP contribution in [-0.2, 0) is 25.7 Å². The molecule has 0 N–H and O–H groups in total. The molecule has 6 rings (SSSR count). The maximum atomic E-state index is 2.55. The van der Waals surface area contributed by atoms with Crippen LogP contribution in [0.4, 0.5) is 0 Å². The van der Waals surface area contributed by atoms with Gasteiger partial charge in [-0.3, -0.25) is 0 Å². The minimum absolute atomic E-state index is 1.15. The first-order valence-corrected chi connectivity index (χ1v) is 18.6. The van der Waals surface area contributed by atoms with Crippen LogP contribution in [0.1, 0.15) is 101 Å². The van der Waals surface area contributed by atoms with Crippen LogP contribution in [0.5, 0.6) is 0 Å². The van der Waals surface area contributed by atoms with Gasteiger partial charge in [0.15, 0.2) is 0 Å². The molecule has 6 aromatic carbocycles. The molecule has 0 fully saturated rings. The van der Waals surface area contributed by atoms with E-state index in [1.165, 1.54) is 104 Å². The Morgan fingerprint density at radius 2 is 0.756 bits per heavy atom. The molecule has 1 heteroatoms. The number of rotatable bonds is 14. The van der Waals surface area contributed by atoms with E-state index in [1.807, 2.05) is 0 Å². The fraction of sp³-hybridized carbons (Fsp3) is 0.364. The van der Waals surface area contributed by atoms with Crippen LogP contribution >= 0.6 is 11.8 Å². The van der Waals surface area contributed by atoms with Gasteiger partial charge in [-0.2, -0.15) is 0 Å². The molecule has 0 radical (unpaired) electrons. The normalized spacial score (nSPS) is 11.8. The first-order valence-electron chi connectivity index (χ1n) is 17.8. The molecule has 0 aromatic heterocycles. The van der Waals surface area contributed by atoms with Crippen molar-refractivity contribution < 1.29 is 0 Å². The quantitative estimate of drug-likeness (QED) is 0.111. The monoisotopic (exact) mass is 610 g/mol. The van der Waals surface area contributed by atoms with Crippen molar-refractivity contribution in [3.8, 4) is 0 Å². The lowest BCUT2D eigenvalue weighted by atomic mass is 9.92. The molecule has 0 unspecified atom stereocenters. The van der Waals surface area contributed by atoms with Crippen LogP contribution < -0.4 is 0 Å². The van der Waals surface area contributed by atoms with Crippen LogP contribution in [-0.4, -0.2) is 0 Å². The van der Waals surface area contributed by atoms with Gasteiger partial charge < -0.3 is 0 Å². The van der Waals surface area contributed by atoms with Gasteiger partial charge in [0.05, 0.1) is 0 Å². The molecule has 0 saturated heterocycles. The summed E-state index contributed by atoms with van der Waals surface area (Å²) in [6.45, 7) is 9.33. The minimum Gasteiger partial charge on any atom is -0.0882 e. The van der Waals surface area contributed by atoms with E-state index in [0.29, 0.717) is 0 Å². The van der Waals surface area contributed by atoms with Gasteiger partial charge in [-0.25, -0.2) is 0 Å². The smallest absolute Gasteiger partial charge is 0.0236 e. The molecule has 0 bridgehead atoms. The van der Waals surface area contributed by atoms with E-state index in [0.717, 1.165) is 25.7 Å². The number of benzene rings is 6. The molecule has 0 amide bonds. The highest BCUT2D eigenvalue weighted by molar-refractivity contribution is 8.00. The van der Waals surface area contributed by atoms with E-state index in [-0.39, 0.29) is 0 Å². The zero-order valence-corrected chi connectivity index (χ0v) is 28.8. The predicted octanol–water partition coefficient (Wildman–Crippen LogP) is 13.8. The fourth-order valence-electron chi connectivity index (χ4n) is 7.09. The summed E-state index contributed by atoms with van der Waals surface area (Å²) >= 11 is 2.11. The third kappa shape index (κ3) is 6.80. The SMILES string of the molecule is CCCCc1cc2cc3ccccc3cc2c(Sc2c(CCCC)c(CCCC)cc3cc4ccccc4cc23)c1CCCC. The molecule has 0 atom stereocenters. The van der Waals surface area contributed by atoms with Crippen LogP contribution in [0.3, 0.4) is 0 Å². The standard InChI is InChI=1S/C44H50S/c1-5-9-17-35-27-37-25-31-19-13-15-21-33(31)29-41(37)43(39(35)23-11-7-3)45-44-40(24-12-8-4)36(18-10-6-2)28-38-26-32-20-14-16-22-34(32)30-42(38)44/h13-16,19-22,25-30H,5-12,17-18,23-24H2,1-4H3. The first-order chi connectivity index (χ1) is 22.1. The summed E-state index contributed by atoms with van der Waals surface area (Å²) in [5, 5.41) is 11.0. The van der Waals surface area contributed by atoms with Gasteiger partial charge in [0.1, 0.15) is 0 Å². The van der Waals surface area contributed by atoms with Gasteiger partial charge >= 0.3 is 0 Å². The Balaban J connectivity index is 1.68. The van der Waals surface area contributed by atoms with E-state index < -0.39 is 0 Å². The third-order valence-electron chi connectivity index (χ3n) is 9.67. The summed E-state index contributed by atoms with van der Waals surface area (Å²) < 4.78 is 0. The molecule has 0 nitrogen and oxygen atoms in total. The number of fused-ring (bicyclic) bond motifs is 4. The summed E-state index contributed by atoms with van der Waals surface area (Å²) in [6, 6.07) is 32.9. The van der Waals surface area contributed by atoms with Gasteiger partial charge in [-0.1, -0.05) is 126 Å². The highest BCUT2D eigenvalue weighted by atomic mass is 32.2. The number of aryl methyl sites for hydroxylation is 2. The van der Waals surface area contributed by atoms with Gasteiger partial charge in [0.25, 0.3) is 0 Å². The summed E-state index contributed by atoms with van der Waals surface area (Å²) in [5.41, 5.74) is 6.35. The average molecular weight is 611 g/mol. The Hall–Kier alpha value is -3.29. The number of hydrogen-bond donors (Lipinski definition) is 0. The largest absolute Gasteiger partial charge is 0.0882 e. The highest BCUT2D eigenvalue weighted by Gasteiger charge is 2.21. The Bertz CT molecular complexity index is 1790. The molecule has 0 aliphatic rings. The van der Waals surface area contributed by atoms with Gasteiger partial charge in [-0.15, -0.1) is 0 Å². The summed E-state index contributed by atoms with van der Waals surface area (Å²) in [4.78, 5) is 3.02. The van der Waals surface area contributed by atoms with Crippen molar-refractivity contribution in [2.75, 3.05) is 0 Å². The lowest BCUT2D eigenvalue weighted by Crippen LogP contribution is -2.02. The van der Waals surface area contributed by atoms with Crippen molar-refractivity contribution in [2.24, 2.45) is 0 Å². The maximum absolute atomic E-state index is 2.55. The Morgan fingerprint density at radius 3 is 1.13 bits per heavy atom. The molecule has 0 heterocycles. The molecule has 232 valence electrons. The van der Waals surface area contributed by atoms with E-state index in [1.54, 1.807) is 22.3 Å². The van der Waals surface area contributed by atoms with Crippen molar-refractivity contribution in [2.45, 2.75) is 115 Å². The van der Waals surface area contributed by atoms with E-state index >= 15 is 0 Å².